The van der Waals surface area contributed by atoms with Crippen LogP contribution in [0, 0.1) is 5.92 Å². The van der Waals surface area contributed by atoms with Gasteiger partial charge in [0.05, 0.1) is 119 Å². The van der Waals surface area contributed by atoms with E-state index in [2.05, 4.69) is 20.8 Å². The highest BCUT2D eigenvalue weighted by molar-refractivity contribution is 4.48. The van der Waals surface area contributed by atoms with Crippen molar-refractivity contribution in [2.24, 2.45) is 5.92 Å². The molecule has 0 aromatic heterocycles. The molecule has 0 heterocycles. The third kappa shape index (κ3) is 41.6. The molecule has 0 bridgehead atoms. The summed E-state index contributed by atoms with van der Waals surface area (Å²) in [5, 5.41) is 0. The molecule has 278 valence electrons. The Balaban J connectivity index is 3.04. The van der Waals surface area contributed by atoms with E-state index >= 15 is 0 Å². The van der Waals surface area contributed by atoms with E-state index in [0.717, 1.165) is 26.1 Å². The zero-order chi connectivity index (χ0) is 33.3. The largest absolute Gasteiger partial charge is 0.379 e. The third-order valence-electron chi connectivity index (χ3n) is 7.34. The Morgan fingerprint density at radius 1 is 0.283 bits per heavy atom. The summed E-state index contributed by atoms with van der Waals surface area (Å²) in [6, 6.07) is 0. The molecule has 0 aliphatic rings. The molecule has 0 aliphatic heterocycles. The maximum absolute atomic E-state index is 5.66. The van der Waals surface area contributed by atoms with E-state index in [0.29, 0.717) is 125 Å². The summed E-state index contributed by atoms with van der Waals surface area (Å²) in [5.74, 6) is 0.603. The van der Waals surface area contributed by atoms with Gasteiger partial charge in [0.25, 0.3) is 0 Å². The lowest BCUT2D eigenvalue weighted by Crippen LogP contribution is -2.15. The van der Waals surface area contributed by atoms with Crippen LogP contribution in [-0.4, -0.2) is 132 Å². The van der Waals surface area contributed by atoms with Crippen LogP contribution >= 0.6 is 0 Å². The van der Waals surface area contributed by atoms with Crippen molar-refractivity contribution in [2.75, 3.05) is 132 Å². The molecule has 0 saturated heterocycles. The summed E-state index contributed by atoms with van der Waals surface area (Å²) in [6.07, 6.45) is 16.0. The van der Waals surface area contributed by atoms with Gasteiger partial charge in [-0.2, -0.15) is 0 Å². The van der Waals surface area contributed by atoms with E-state index in [-0.39, 0.29) is 0 Å². The van der Waals surface area contributed by atoms with Crippen molar-refractivity contribution < 1.29 is 47.4 Å². The normalized spacial score (nSPS) is 12.3. The van der Waals surface area contributed by atoms with Crippen LogP contribution in [0.3, 0.4) is 0 Å². The minimum absolute atomic E-state index is 0.534. The second-order valence-corrected chi connectivity index (χ2v) is 11.6. The number of unbranched alkanes of at least 4 members (excludes halogenated alkanes) is 10. The number of hydrogen-bond donors (Lipinski definition) is 0. The third-order valence-corrected chi connectivity index (χ3v) is 7.34. The molecule has 0 spiro atoms. The van der Waals surface area contributed by atoms with Crippen LogP contribution in [0.15, 0.2) is 0 Å². The van der Waals surface area contributed by atoms with Crippen LogP contribution < -0.4 is 0 Å². The van der Waals surface area contributed by atoms with Gasteiger partial charge in [-0.3, -0.25) is 0 Å². The van der Waals surface area contributed by atoms with Gasteiger partial charge in [-0.25, -0.2) is 0 Å². The van der Waals surface area contributed by atoms with Crippen molar-refractivity contribution in [1.82, 2.24) is 0 Å². The van der Waals surface area contributed by atoms with Crippen molar-refractivity contribution in [3.8, 4) is 0 Å². The average Bonchev–Trinajstić information content (AvgIpc) is 3.07. The van der Waals surface area contributed by atoms with E-state index in [9.17, 15) is 0 Å². The van der Waals surface area contributed by atoms with Crippen LogP contribution in [0.2, 0.25) is 0 Å². The van der Waals surface area contributed by atoms with Crippen LogP contribution in [-0.2, 0) is 47.4 Å². The lowest BCUT2D eigenvalue weighted by Gasteiger charge is -2.10. The molecule has 0 aromatic carbocycles. The monoisotopic (exact) mass is 667 g/mol. The highest BCUT2D eigenvalue weighted by atomic mass is 16.6. The van der Waals surface area contributed by atoms with E-state index in [4.69, 9.17) is 47.4 Å². The number of hydrogen-bond acceptors (Lipinski definition) is 10. The Bertz CT molecular complexity index is 529. The van der Waals surface area contributed by atoms with Gasteiger partial charge in [0.2, 0.25) is 0 Å². The second kappa shape index (κ2) is 42.6. The summed E-state index contributed by atoms with van der Waals surface area (Å²) in [6.45, 7) is 18.4. The zero-order valence-corrected chi connectivity index (χ0v) is 30.3. The van der Waals surface area contributed by atoms with Crippen LogP contribution in [0.1, 0.15) is 97.8 Å². The maximum Gasteiger partial charge on any atom is 0.0701 e. The minimum atomic E-state index is 0.534. The first-order valence-electron chi connectivity index (χ1n) is 18.6. The molecule has 10 nitrogen and oxygen atoms in total. The van der Waals surface area contributed by atoms with E-state index in [1.165, 1.54) is 64.2 Å². The molecule has 0 saturated carbocycles. The maximum atomic E-state index is 5.66. The second-order valence-electron chi connectivity index (χ2n) is 11.6. The summed E-state index contributed by atoms with van der Waals surface area (Å²) < 4.78 is 55.2. The van der Waals surface area contributed by atoms with Gasteiger partial charge in [0.1, 0.15) is 0 Å². The molecule has 46 heavy (non-hydrogen) atoms. The quantitative estimate of drug-likeness (QED) is 0.0672. The molecule has 0 radical (unpaired) electrons. The molecule has 0 fully saturated rings. The van der Waals surface area contributed by atoms with Gasteiger partial charge in [0, 0.05) is 13.2 Å². The molecule has 0 N–H and O–H groups in total. The van der Waals surface area contributed by atoms with Crippen LogP contribution in [0.4, 0.5) is 0 Å². The average molecular weight is 667 g/mol. The first kappa shape index (κ1) is 45.6. The molecule has 10 heteroatoms. The van der Waals surface area contributed by atoms with Crippen LogP contribution in [0.25, 0.3) is 0 Å². The Labute approximate surface area is 283 Å². The fraction of sp³-hybridized carbons (Fsp3) is 1.00. The first-order chi connectivity index (χ1) is 22.8. The minimum Gasteiger partial charge on any atom is -0.379 e. The predicted molar refractivity (Wildman–Crippen MR) is 184 cm³/mol. The number of rotatable bonds is 42. The fourth-order valence-electron chi connectivity index (χ4n) is 4.25. The summed E-state index contributed by atoms with van der Waals surface area (Å²) in [7, 11) is 0. The highest BCUT2D eigenvalue weighted by Gasteiger charge is 1.99. The molecule has 0 rings (SSSR count). The van der Waals surface area contributed by atoms with Crippen molar-refractivity contribution in [1.29, 1.82) is 0 Å². The molecule has 1 unspecified atom stereocenters. The highest BCUT2D eigenvalue weighted by Crippen LogP contribution is 2.11. The van der Waals surface area contributed by atoms with Gasteiger partial charge in [-0.15, -0.1) is 0 Å². The fourth-order valence-corrected chi connectivity index (χ4v) is 4.25. The molecule has 1 atom stereocenters. The molecule has 0 aliphatic carbocycles. The van der Waals surface area contributed by atoms with Crippen molar-refractivity contribution in [2.45, 2.75) is 97.8 Å². The van der Waals surface area contributed by atoms with Gasteiger partial charge >= 0.3 is 0 Å². The SMILES string of the molecule is CCCCCCCCCCCCCOCCOCCOCCOCCOCCOCCOCCOCCOCCOCC(C)CC. The Kier molecular flexibility index (Phi) is 42.3. The van der Waals surface area contributed by atoms with Gasteiger partial charge in [0.15, 0.2) is 0 Å². The lowest BCUT2D eigenvalue weighted by molar-refractivity contribution is -0.0268. The Morgan fingerprint density at radius 3 is 0.804 bits per heavy atom. The Hall–Kier alpha value is -0.400. The molecular weight excluding hydrogens is 592 g/mol. The standard InChI is InChI=1S/C36H74O10/c1-4-6-7-8-9-10-11-12-13-14-15-16-37-17-18-38-19-20-39-21-22-40-23-24-41-25-26-42-27-28-43-29-30-44-31-32-45-33-34-46-35-36(3)5-2/h36H,4-35H2,1-3H3. The van der Waals surface area contributed by atoms with Gasteiger partial charge in [-0.05, 0) is 12.3 Å². The van der Waals surface area contributed by atoms with Crippen molar-refractivity contribution in [3.05, 3.63) is 0 Å². The summed E-state index contributed by atoms with van der Waals surface area (Å²) >= 11 is 0. The first-order valence-corrected chi connectivity index (χ1v) is 18.6. The predicted octanol–water partition coefficient (Wildman–Crippen LogP) is 6.51. The van der Waals surface area contributed by atoms with E-state index in [1.807, 2.05) is 0 Å². The van der Waals surface area contributed by atoms with Crippen LogP contribution in [0.5, 0.6) is 0 Å². The summed E-state index contributed by atoms with van der Waals surface area (Å²) in [4.78, 5) is 0. The van der Waals surface area contributed by atoms with Gasteiger partial charge in [-0.1, -0.05) is 91.4 Å². The summed E-state index contributed by atoms with van der Waals surface area (Å²) in [5.41, 5.74) is 0. The molecule has 0 amide bonds. The number of ether oxygens (including phenoxy) is 10. The van der Waals surface area contributed by atoms with Crippen molar-refractivity contribution in [3.63, 3.8) is 0 Å². The molecular formula is C36H74O10. The Morgan fingerprint density at radius 2 is 0.522 bits per heavy atom. The smallest absolute Gasteiger partial charge is 0.0701 e. The molecule has 0 aromatic rings. The lowest BCUT2D eigenvalue weighted by atomic mass is 10.1. The van der Waals surface area contributed by atoms with E-state index < -0.39 is 0 Å². The van der Waals surface area contributed by atoms with Crippen molar-refractivity contribution >= 4 is 0 Å². The zero-order valence-electron chi connectivity index (χ0n) is 30.3. The topological polar surface area (TPSA) is 92.3 Å². The van der Waals surface area contributed by atoms with Gasteiger partial charge < -0.3 is 47.4 Å². The van der Waals surface area contributed by atoms with E-state index in [1.54, 1.807) is 0 Å².